The van der Waals surface area contributed by atoms with E-state index in [1.54, 1.807) is 30.3 Å². The molecule has 2 rings (SSSR count). The molecule has 0 radical (unpaired) electrons. The van der Waals surface area contributed by atoms with Gasteiger partial charge in [0, 0.05) is 11.3 Å². The summed E-state index contributed by atoms with van der Waals surface area (Å²) in [6.07, 6.45) is 3.16. The Bertz CT molecular complexity index is 889. The molecule has 0 spiro atoms. The van der Waals surface area contributed by atoms with Crippen molar-refractivity contribution in [3.63, 3.8) is 0 Å². The first-order valence-electron chi connectivity index (χ1n) is 8.62. The lowest BCUT2D eigenvalue weighted by atomic mass is 10.1. The standard InChI is InChI=1S/C21H23N3O4/c1-4-5-16-10-15(11-18(28-3)21(16)27)13-22-24-20(26)12-19(25)23-17-8-6-14(2)7-9-17/h4,6-11,13,27H,1,5,12H2,2-3H3,(H,23,25)(H,24,26)/b22-13+. The van der Waals surface area contributed by atoms with E-state index in [0.29, 0.717) is 29.0 Å². The monoisotopic (exact) mass is 381 g/mol. The molecule has 2 amide bonds. The Morgan fingerprint density at radius 2 is 1.93 bits per heavy atom. The van der Waals surface area contributed by atoms with Crippen LogP contribution in [-0.2, 0) is 16.0 Å². The molecule has 0 aliphatic carbocycles. The number of aryl methyl sites for hydroxylation is 1. The van der Waals surface area contributed by atoms with E-state index in [2.05, 4.69) is 22.4 Å². The lowest BCUT2D eigenvalue weighted by Gasteiger charge is -2.09. The van der Waals surface area contributed by atoms with Crippen LogP contribution in [0.5, 0.6) is 11.5 Å². The number of phenolic OH excluding ortho intramolecular Hbond substituents is 1. The van der Waals surface area contributed by atoms with Gasteiger partial charge in [-0.15, -0.1) is 6.58 Å². The molecule has 146 valence electrons. The number of methoxy groups -OCH3 is 1. The smallest absolute Gasteiger partial charge is 0.249 e. The highest BCUT2D eigenvalue weighted by Crippen LogP contribution is 2.31. The second kappa shape index (κ2) is 9.91. The number of rotatable bonds is 8. The number of nitrogens with one attached hydrogen (secondary N) is 2. The summed E-state index contributed by atoms with van der Waals surface area (Å²) in [6, 6.07) is 10.6. The van der Waals surface area contributed by atoms with E-state index >= 15 is 0 Å². The average Bonchev–Trinajstić information content (AvgIpc) is 2.66. The number of benzene rings is 2. The van der Waals surface area contributed by atoms with Crippen LogP contribution in [0.25, 0.3) is 0 Å². The number of carbonyl (C=O) groups excluding carboxylic acids is 2. The third-order valence-electron chi connectivity index (χ3n) is 3.82. The molecule has 0 atom stereocenters. The second-order valence-corrected chi connectivity index (χ2v) is 6.11. The maximum Gasteiger partial charge on any atom is 0.249 e. The Balaban J connectivity index is 1.93. The minimum Gasteiger partial charge on any atom is -0.504 e. The van der Waals surface area contributed by atoms with Gasteiger partial charge >= 0.3 is 0 Å². The van der Waals surface area contributed by atoms with Crippen LogP contribution in [0, 0.1) is 6.92 Å². The largest absolute Gasteiger partial charge is 0.504 e. The summed E-state index contributed by atoms with van der Waals surface area (Å²) in [6.45, 7) is 5.59. The van der Waals surface area contributed by atoms with Gasteiger partial charge in [0.15, 0.2) is 11.5 Å². The van der Waals surface area contributed by atoms with Gasteiger partial charge in [-0.05, 0) is 43.2 Å². The van der Waals surface area contributed by atoms with Crippen molar-refractivity contribution in [3.8, 4) is 11.5 Å². The lowest BCUT2D eigenvalue weighted by Crippen LogP contribution is -2.24. The van der Waals surface area contributed by atoms with Gasteiger partial charge in [0.2, 0.25) is 11.8 Å². The van der Waals surface area contributed by atoms with Crippen molar-refractivity contribution >= 4 is 23.7 Å². The molecule has 0 aromatic heterocycles. The van der Waals surface area contributed by atoms with Crippen LogP contribution in [0.4, 0.5) is 5.69 Å². The normalized spacial score (nSPS) is 10.5. The zero-order chi connectivity index (χ0) is 20.5. The van der Waals surface area contributed by atoms with Crippen LogP contribution in [0.3, 0.4) is 0 Å². The van der Waals surface area contributed by atoms with Crippen LogP contribution < -0.4 is 15.5 Å². The fraction of sp³-hybridized carbons (Fsp3) is 0.190. The first-order chi connectivity index (χ1) is 13.4. The van der Waals surface area contributed by atoms with Gasteiger partial charge in [0.05, 0.1) is 13.3 Å². The van der Waals surface area contributed by atoms with Crippen LogP contribution in [0.2, 0.25) is 0 Å². The van der Waals surface area contributed by atoms with Gasteiger partial charge in [-0.2, -0.15) is 5.10 Å². The number of carbonyl (C=O) groups is 2. The Morgan fingerprint density at radius 1 is 1.21 bits per heavy atom. The molecule has 0 unspecified atom stereocenters. The molecular weight excluding hydrogens is 358 g/mol. The molecule has 2 aromatic carbocycles. The molecule has 0 aliphatic heterocycles. The number of anilines is 1. The van der Waals surface area contributed by atoms with Crippen LogP contribution >= 0.6 is 0 Å². The van der Waals surface area contributed by atoms with Crippen molar-refractivity contribution in [1.29, 1.82) is 0 Å². The number of nitrogens with zero attached hydrogens (tertiary/aromatic N) is 1. The van der Waals surface area contributed by atoms with Crippen LogP contribution in [0.15, 0.2) is 54.2 Å². The van der Waals surface area contributed by atoms with Crippen molar-refractivity contribution in [3.05, 3.63) is 65.7 Å². The topological polar surface area (TPSA) is 100 Å². The predicted octanol–water partition coefficient (Wildman–Crippen LogP) is 2.92. The summed E-state index contributed by atoms with van der Waals surface area (Å²) < 4.78 is 5.13. The average molecular weight is 381 g/mol. The molecule has 28 heavy (non-hydrogen) atoms. The highest BCUT2D eigenvalue weighted by atomic mass is 16.5. The highest BCUT2D eigenvalue weighted by molar-refractivity contribution is 6.03. The predicted molar refractivity (Wildman–Crippen MR) is 109 cm³/mol. The van der Waals surface area contributed by atoms with Gasteiger partial charge in [-0.25, -0.2) is 5.43 Å². The fourth-order valence-electron chi connectivity index (χ4n) is 2.44. The first-order valence-corrected chi connectivity index (χ1v) is 8.62. The number of aromatic hydroxyl groups is 1. The molecule has 0 saturated heterocycles. The number of hydrogen-bond donors (Lipinski definition) is 3. The van der Waals surface area contributed by atoms with Crippen LogP contribution in [-0.4, -0.2) is 30.2 Å². The minimum absolute atomic E-state index is 0.0383. The van der Waals surface area contributed by atoms with E-state index in [1.807, 2.05) is 19.1 Å². The molecule has 7 heteroatoms. The van der Waals surface area contributed by atoms with E-state index in [-0.39, 0.29) is 12.2 Å². The van der Waals surface area contributed by atoms with E-state index in [4.69, 9.17) is 4.74 Å². The van der Waals surface area contributed by atoms with Crippen molar-refractivity contribution in [2.45, 2.75) is 19.8 Å². The summed E-state index contributed by atoms with van der Waals surface area (Å²) >= 11 is 0. The van der Waals surface area contributed by atoms with Gasteiger partial charge < -0.3 is 15.2 Å². The quantitative estimate of drug-likeness (QED) is 0.283. The van der Waals surface area contributed by atoms with E-state index in [0.717, 1.165) is 5.56 Å². The Kier molecular flexibility index (Phi) is 7.33. The fourth-order valence-corrected chi connectivity index (χ4v) is 2.44. The number of allylic oxidation sites excluding steroid dienone is 1. The molecule has 0 aliphatic rings. The number of hydrazone groups is 1. The van der Waals surface area contributed by atoms with Crippen molar-refractivity contribution in [2.75, 3.05) is 12.4 Å². The minimum atomic E-state index is -0.544. The zero-order valence-corrected chi connectivity index (χ0v) is 15.9. The molecular formula is C21H23N3O4. The summed E-state index contributed by atoms with van der Waals surface area (Å²) in [5, 5.41) is 16.6. The summed E-state index contributed by atoms with van der Waals surface area (Å²) in [5.74, 6) is -0.644. The Hall–Kier alpha value is -3.61. The van der Waals surface area contributed by atoms with Crippen molar-refractivity contribution in [2.24, 2.45) is 5.10 Å². The highest BCUT2D eigenvalue weighted by Gasteiger charge is 2.10. The number of hydrogen-bond acceptors (Lipinski definition) is 5. The third-order valence-corrected chi connectivity index (χ3v) is 3.82. The third kappa shape index (κ3) is 5.98. The van der Waals surface area contributed by atoms with Crippen molar-refractivity contribution in [1.82, 2.24) is 5.43 Å². The molecule has 0 bridgehead atoms. The number of amides is 2. The molecule has 0 heterocycles. The second-order valence-electron chi connectivity index (χ2n) is 6.11. The van der Waals surface area contributed by atoms with E-state index < -0.39 is 11.8 Å². The van der Waals surface area contributed by atoms with E-state index in [1.165, 1.54) is 13.3 Å². The maximum atomic E-state index is 11.9. The summed E-state index contributed by atoms with van der Waals surface area (Å²) in [4.78, 5) is 23.8. The Labute approximate surface area is 163 Å². The van der Waals surface area contributed by atoms with Gasteiger partial charge in [0.1, 0.15) is 6.42 Å². The number of ether oxygens (including phenoxy) is 1. The molecule has 0 fully saturated rings. The van der Waals surface area contributed by atoms with Gasteiger partial charge in [-0.1, -0.05) is 23.8 Å². The van der Waals surface area contributed by atoms with E-state index in [9.17, 15) is 14.7 Å². The maximum absolute atomic E-state index is 11.9. The molecule has 3 N–H and O–H groups in total. The first kappa shape index (κ1) is 20.7. The molecule has 2 aromatic rings. The number of phenols is 1. The lowest BCUT2D eigenvalue weighted by molar-refractivity contribution is -0.126. The SMILES string of the molecule is C=CCc1cc(/C=N/NC(=O)CC(=O)Nc2ccc(C)cc2)cc(OC)c1O. The summed E-state index contributed by atoms with van der Waals surface area (Å²) in [5.41, 5.74) is 5.25. The van der Waals surface area contributed by atoms with Gasteiger partial charge in [0.25, 0.3) is 0 Å². The van der Waals surface area contributed by atoms with Gasteiger partial charge in [-0.3, -0.25) is 9.59 Å². The Morgan fingerprint density at radius 3 is 2.57 bits per heavy atom. The molecule has 7 nitrogen and oxygen atoms in total. The zero-order valence-electron chi connectivity index (χ0n) is 15.9. The summed E-state index contributed by atoms with van der Waals surface area (Å²) in [7, 11) is 1.45. The van der Waals surface area contributed by atoms with Crippen LogP contribution in [0.1, 0.15) is 23.1 Å². The molecule has 0 saturated carbocycles. The van der Waals surface area contributed by atoms with Crippen molar-refractivity contribution < 1.29 is 19.4 Å².